The van der Waals surface area contributed by atoms with E-state index in [1.165, 1.54) is 0 Å². The van der Waals surface area contributed by atoms with Crippen molar-refractivity contribution in [3.63, 3.8) is 0 Å². The molecule has 0 radical (unpaired) electrons. The number of amides is 1. The summed E-state index contributed by atoms with van der Waals surface area (Å²) in [5.74, 6) is -0.823. The molecule has 0 fully saturated rings. The molecule has 2 N–H and O–H groups in total. The second-order valence-electron chi connectivity index (χ2n) is 5.40. The summed E-state index contributed by atoms with van der Waals surface area (Å²) in [5, 5.41) is 20.0. The summed E-state index contributed by atoms with van der Waals surface area (Å²) in [6, 6.07) is 15.8. The highest BCUT2D eigenvalue weighted by molar-refractivity contribution is 5.77. The molecule has 0 saturated carbocycles. The molecule has 0 aliphatic heterocycles. The summed E-state index contributed by atoms with van der Waals surface area (Å²) in [7, 11) is 0. The van der Waals surface area contributed by atoms with E-state index in [0.29, 0.717) is 17.9 Å². The number of hydrogen-bond acceptors (Lipinski definition) is 5. The van der Waals surface area contributed by atoms with Crippen LogP contribution in [0.3, 0.4) is 0 Å². The van der Waals surface area contributed by atoms with E-state index < -0.39 is 12.6 Å². The third-order valence-corrected chi connectivity index (χ3v) is 3.36. The van der Waals surface area contributed by atoms with Crippen LogP contribution in [0, 0.1) is 11.3 Å². The van der Waals surface area contributed by atoms with Crippen molar-refractivity contribution < 1.29 is 24.2 Å². The van der Waals surface area contributed by atoms with Crippen molar-refractivity contribution in [2.45, 2.75) is 13.2 Å². The Bertz CT molecular complexity index is 779. The smallest absolute Gasteiger partial charge is 0.341 e. The average Bonchev–Trinajstić information content (AvgIpc) is 2.66. The average molecular weight is 354 g/mol. The van der Waals surface area contributed by atoms with E-state index in [0.717, 1.165) is 11.1 Å². The van der Waals surface area contributed by atoms with E-state index in [-0.39, 0.29) is 19.1 Å². The predicted molar refractivity (Wildman–Crippen MR) is 92.2 cm³/mol. The zero-order valence-electron chi connectivity index (χ0n) is 14.0. The van der Waals surface area contributed by atoms with Crippen molar-refractivity contribution in [3.05, 3.63) is 65.2 Å². The largest absolute Gasteiger partial charge is 0.482 e. The molecule has 0 aromatic heterocycles. The maximum Gasteiger partial charge on any atom is 0.341 e. The molecule has 0 atom stereocenters. The molecular formula is C19H18N2O5. The quantitative estimate of drug-likeness (QED) is 0.711. The van der Waals surface area contributed by atoms with E-state index >= 15 is 0 Å². The maximum atomic E-state index is 11.8. The second-order valence-corrected chi connectivity index (χ2v) is 5.40. The SMILES string of the molecule is N#Cc1ccc(CNC(=O)COCc2ccc(OCC(=O)O)cc2)cc1. The molecule has 0 aliphatic carbocycles. The van der Waals surface area contributed by atoms with Crippen molar-refractivity contribution in [2.75, 3.05) is 13.2 Å². The molecule has 2 aromatic rings. The lowest BCUT2D eigenvalue weighted by molar-refractivity contribution is -0.139. The molecule has 2 aromatic carbocycles. The number of carboxylic acid groups (broad SMARTS) is 1. The maximum absolute atomic E-state index is 11.8. The highest BCUT2D eigenvalue weighted by Gasteiger charge is 2.03. The van der Waals surface area contributed by atoms with Crippen LogP contribution in [0.2, 0.25) is 0 Å². The minimum atomic E-state index is -1.04. The summed E-state index contributed by atoms with van der Waals surface area (Å²) in [4.78, 5) is 22.2. The Kier molecular flexibility index (Phi) is 7.16. The normalized spacial score (nSPS) is 9.96. The molecule has 0 bridgehead atoms. The van der Waals surface area contributed by atoms with Gasteiger partial charge in [0.15, 0.2) is 6.61 Å². The zero-order chi connectivity index (χ0) is 18.8. The fourth-order valence-corrected chi connectivity index (χ4v) is 2.04. The molecular weight excluding hydrogens is 336 g/mol. The first-order valence-corrected chi connectivity index (χ1v) is 7.84. The minimum Gasteiger partial charge on any atom is -0.482 e. The Morgan fingerprint density at radius 2 is 1.65 bits per heavy atom. The summed E-state index contributed by atoms with van der Waals surface area (Å²) in [6.07, 6.45) is 0. The Hall–Kier alpha value is -3.37. The lowest BCUT2D eigenvalue weighted by Crippen LogP contribution is -2.27. The summed E-state index contributed by atoms with van der Waals surface area (Å²) in [6.45, 7) is 0.149. The van der Waals surface area contributed by atoms with Crippen LogP contribution in [0.1, 0.15) is 16.7 Å². The molecule has 0 unspecified atom stereocenters. The van der Waals surface area contributed by atoms with Crippen molar-refractivity contribution >= 4 is 11.9 Å². The van der Waals surface area contributed by atoms with Crippen LogP contribution in [0.5, 0.6) is 5.75 Å². The van der Waals surface area contributed by atoms with Gasteiger partial charge < -0.3 is 19.9 Å². The monoisotopic (exact) mass is 354 g/mol. The van der Waals surface area contributed by atoms with Gasteiger partial charge in [-0.2, -0.15) is 5.26 Å². The Morgan fingerprint density at radius 1 is 1.00 bits per heavy atom. The van der Waals surface area contributed by atoms with Gasteiger partial charge in [0.2, 0.25) is 5.91 Å². The predicted octanol–water partition coefficient (Wildman–Crippen LogP) is 1.85. The van der Waals surface area contributed by atoms with Crippen LogP contribution in [-0.4, -0.2) is 30.2 Å². The molecule has 26 heavy (non-hydrogen) atoms. The number of carbonyl (C=O) groups is 2. The van der Waals surface area contributed by atoms with Gasteiger partial charge in [0.25, 0.3) is 0 Å². The number of ether oxygens (including phenoxy) is 2. The molecule has 1 amide bonds. The highest BCUT2D eigenvalue weighted by atomic mass is 16.5. The molecule has 7 nitrogen and oxygen atoms in total. The van der Waals surface area contributed by atoms with Crippen molar-refractivity contribution in [3.8, 4) is 11.8 Å². The molecule has 134 valence electrons. The first-order valence-electron chi connectivity index (χ1n) is 7.84. The first kappa shape index (κ1) is 19.0. The van der Waals surface area contributed by atoms with E-state index in [2.05, 4.69) is 5.32 Å². The van der Waals surface area contributed by atoms with Gasteiger partial charge in [0.05, 0.1) is 18.2 Å². The third-order valence-electron chi connectivity index (χ3n) is 3.36. The Morgan fingerprint density at radius 3 is 2.27 bits per heavy atom. The number of carbonyl (C=O) groups excluding carboxylic acids is 1. The lowest BCUT2D eigenvalue weighted by atomic mass is 10.1. The van der Waals surface area contributed by atoms with Crippen molar-refractivity contribution in [1.82, 2.24) is 5.32 Å². The number of carboxylic acids is 1. The number of rotatable bonds is 9. The van der Waals surface area contributed by atoms with Crippen LogP contribution in [0.15, 0.2) is 48.5 Å². The molecule has 0 spiro atoms. The zero-order valence-corrected chi connectivity index (χ0v) is 14.0. The van der Waals surface area contributed by atoms with E-state index in [4.69, 9.17) is 19.8 Å². The molecule has 2 rings (SSSR count). The van der Waals surface area contributed by atoms with Crippen LogP contribution in [-0.2, 0) is 27.5 Å². The summed E-state index contributed by atoms with van der Waals surface area (Å²) < 4.78 is 10.4. The number of benzene rings is 2. The van der Waals surface area contributed by atoms with E-state index in [1.807, 2.05) is 6.07 Å². The molecule has 0 heterocycles. The molecule has 0 saturated heterocycles. The minimum absolute atomic E-state index is 0.0758. The molecule has 0 aliphatic rings. The van der Waals surface area contributed by atoms with Crippen LogP contribution < -0.4 is 10.1 Å². The summed E-state index contributed by atoms with van der Waals surface area (Å²) >= 11 is 0. The highest BCUT2D eigenvalue weighted by Crippen LogP contribution is 2.12. The standard InChI is InChI=1S/C19H18N2O5/c20-9-14-1-3-15(4-2-14)10-21-18(22)12-25-11-16-5-7-17(8-6-16)26-13-19(23)24/h1-8H,10-13H2,(H,21,22)(H,23,24). The fraction of sp³-hybridized carbons (Fsp3) is 0.211. The van der Waals surface area contributed by atoms with E-state index in [1.54, 1.807) is 48.5 Å². The van der Waals surface area contributed by atoms with Crippen LogP contribution >= 0.6 is 0 Å². The number of nitrogens with zero attached hydrogens (tertiary/aromatic N) is 1. The van der Waals surface area contributed by atoms with Gasteiger partial charge in [-0.3, -0.25) is 4.79 Å². The topological polar surface area (TPSA) is 109 Å². The Balaban J connectivity index is 1.67. The Labute approximate surface area is 150 Å². The number of nitrogens with one attached hydrogen (secondary N) is 1. The fourth-order valence-electron chi connectivity index (χ4n) is 2.04. The second kappa shape index (κ2) is 9.81. The lowest BCUT2D eigenvalue weighted by Gasteiger charge is -2.08. The summed E-state index contributed by atoms with van der Waals surface area (Å²) in [5.41, 5.74) is 2.31. The third kappa shape index (κ3) is 6.63. The van der Waals surface area contributed by atoms with Gasteiger partial charge in [-0.1, -0.05) is 24.3 Å². The van der Waals surface area contributed by atoms with E-state index in [9.17, 15) is 9.59 Å². The van der Waals surface area contributed by atoms with Gasteiger partial charge in [-0.05, 0) is 35.4 Å². The van der Waals surface area contributed by atoms with Crippen LogP contribution in [0.25, 0.3) is 0 Å². The molecule has 7 heteroatoms. The number of hydrogen-bond donors (Lipinski definition) is 2. The van der Waals surface area contributed by atoms with Gasteiger partial charge in [-0.25, -0.2) is 4.79 Å². The van der Waals surface area contributed by atoms with Crippen molar-refractivity contribution in [2.24, 2.45) is 0 Å². The first-order chi connectivity index (χ1) is 12.6. The van der Waals surface area contributed by atoms with Crippen LogP contribution in [0.4, 0.5) is 0 Å². The number of aliphatic carboxylic acids is 1. The van der Waals surface area contributed by atoms with Crippen molar-refractivity contribution in [1.29, 1.82) is 5.26 Å². The number of nitriles is 1. The van der Waals surface area contributed by atoms with Gasteiger partial charge >= 0.3 is 5.97 Å². The van der Waals surface area contributed by atoms with Gasteiger partial charge in [-0.15, -0.1) is 0 Å². The van der Waals surface area contributed by atoms with Gasteiger partial charge in [0.1, 0.15) is 12.4 Å². The van der Waals surface area contributed by atoms with Gasteiger partial charge in [0, 0.05) is 6.54 Å².